The lowest BCUT2D eigenvalue weighted by Gasteiger charge is -2.24. The second-order valence-corrected chi connectivity index (χ2v) is 16.2. The SMILES string of the molecule is [C-]#[N+]c1cccc(C(F)(F)F)c1-c1c(-n2c3ccc(-c4ncccn4)cc3c3cc(-c4ncccn4)ccc32)cc(C#N)cc1-n1c2ccc(-c3ncccn3)cc2c2cc(-c3ncccn3)ccc21. The molecule has 0 aliphatic carbocycles. The molecule has 0 N–H and O–H groups in total. The third-order valence-electron chi connectivity index (χ3n) is 12.3. The van der Waals surface area contributed by atoms with Gasteiger partial charge in [0.1, 0.15) is 0 Å². The third-order valence-corrected chi connectivity index (χ3v) is 12.3. The van der Waals surface area contributed by atoms with Crippen molar-refractivity contribution in [1.29, 1.82) is 5.26 Å². The van der Waals surface area contributed by atoms with Crippen LogP contribution < -0.4 is 0 Å². The lowest BCUT2D eigenvalue weighted by atomic mass is 9.92. The Balaban J connectivity index is 1.25. The van der Waals surface area contributed by atoms with Gasteiger partial charge in [-0.05, 0) is 109 Å². The summed E-state index contributed by atoms with van der Waals surface area (Å²) < 4.78 is 51.0. The van der Waals surface area contributed by atoms with E-state index in [0.717, 1.165) is 6.07 Å². The Labute approximate surface area is 395 Å². The summed E-state index contributed by atoms with van der Waals surface area (Å²) in [5.41, 5.74) is 4.24. The lowest BCUT2D eigenvalue weighted by molar-refractivity contribution is -0.137. The van der Waals surface area contributed by atoms with Crippen LogP contribution in [0.5, 0.6) is 0 Å². The van der Waals surface area contributed by atoms with Crippen LogP contribution in [0.1, 0.15) is 11.1 Å². The number of hydrogen-bond acceptors (Lipinski definition) is 9. The summed E-state index contributed by atoms with van der Waals surface area (Å²) in [5.74, 6) is 1.88. The predicted octanol–water partition coefficient (Wildman–Crippen LogP) is 12.8. The topological polar surface area (TPSA) is 141 Å². The highest BCUT2D eigenvalue weighted by molar-refractivity contribution is 6.14. The molecule has 0 bridgehead atoms. The Hall–Kier alpha value is -9.99. The van der Waals surface area contributed by atoms with Crippen molar-refractivity contribution in [3.8, 4) is 74.1 Å². The summed E-state index contributed by atoms with van der Waals surface area (Å²) in [6, 6.07) is 38.7. The summed E-state index contributed by atoms with van der Waals surface area (Å²) >= 11 is 0. The maximum absolute atomic E-state index is 15.8. The molecule has 0 atom stereocenters. The standard InChI is InChI=1S/C55H29F3N12/c1-60-42-8-2-7-41(55(56,57)58)49(42)50-47(69-43-13-9-33(51-61-17-3-18-62-51)27-37(43)38-28-34(10-14-44(38)69)52-63-19-4-20-64-52)25-32(31-59)26-48(50)70-45-15-11-35(53-65-21-5-22-66-53)29-39(45)40-30-36(12-16-46(40)70)54-67-23-6-24-68-54/h2-30H. The van der Waals surface area contributed by atoms with Crippen LogP contribution in [0.2, 0.25) is 0 Å². The van der Waals surface area contributed by atoms with Gasteiger partial charge in [0.25, 0.3) is 0 Å². The molecule has 15 heteroatoms. The van der Waals surface area contributed by atoms with Gasteiger partial charge in [-0.15, -0.1) is 0 Å². The Kier molecular flexibility index (Phi) is 9.71. The first-order chi connectivity index (χ1) is 34.3. The molecule has 12 rings (SSSR count). The van der Waals surface area contributed by atoms with E-state index in [4.69, 9.17) is 6.57 Å². The summed E-state index contributed by atoms with van der Waals surface area (Å²) in [7, 11) is 0. The fraction of sp³-hybridized carbons (Fsp3) is 0.0182. The van der Waals surface area contributed by atoms with Crippen molar-refractivity contribution in [2.24, 2.45) is 0 Å². The molecule has 0 unspecified atom stereocenters. The molecule has 0 radical (unpaired) electrons. The number of benzene rings is 6. The minimum Gasteiger partial charge on any atom is -0.309 e. The van der Waals surface area contributed by atoms with Crippen LogP contribution in [0, 0.1) is 17.9 Å². The van der Waals surface area contributed by atoms with Gasteiger partial charge in [-0.2, -0.15) is 18.4 Å². The van der Waals surface area contributed by atoms with E-state index < -0.39 is 11.7 Å². The molecule has 0 saturated heterocycles. The van der Waals surface area contributed by atoms with Gasteiger partial charge in [-0.25, -0.2) is 44.7 Å². The molecule has 330 valence electrons. The number of fused-ring (bicyclic) bond motifs is 6. The largest absolute Gasteiger partial charge is 0.415 e. The van der Waals surface area contributed by atoms with Gasteiger partial charge in [0.05, 0.1) is 57.2 Å². The Morgan fingerprint density at radius 3 is 1.09 bits per heavy atom. The summed E-state index contributed by atoms with van der Waals surface area (Å²) in [6.07, 6.45) is 8.28. The quantitative estimate of drug-likeness (QED) is 0.143. The maximum Gasteiger partial charge on any atom is 0.415 e. The molecule has 0 aliphatic rings. The molecule has 6 aromatic carbocycles. The van der Waals surface area contributed by atoms with E-state index in [2.05, 4.69) is 50.8 Å². The van der Waals surface area contributed by atoms with Crippen LogP contribution in [0.25, 0.3) is 117 Å². The van der Waals surface area contributed by atoms with Gasteiger partial charge in [0.15, 0.2) is 29.0 Å². The summed E-state index contributed by atoms with van der Waals surface area (Å²) in [5, 5.41) is 13.8. The van der Waals surface area contributed by atoms with Crippen LogP contribution in [0.3, 0.4) is 0 Å². The van der Waals surface area contributed by atoms with Crippen LogP contribution in [-0.2, 0) is 6.18 Å². The molecule has 6 aromatic heterocycles. The lowest BCUT2D eigenvalue weighted by Crippen LogP contribution is -2.11. The average Bonchev–Trinajstić information content (AvgIpc) is 3.92. The van der Waals surface area contributed by atoms with E-state index in [0.29, 0.717) is 89.2 Å². The van der Waals surface area contributed by atoms with Crippen molar-refractivity contribution in [2.45, 2.75) is 6.18 Å². The van der Waals surface area contributed by atoms with Gasteiger partial charge in [0.2, 0.25) is 0 Å². The van der Waals surface area contributed by atoms with Crippen molar-refractivity contribution in [2.75, 3.05) is 0 Å². The molecule has 0 spiro atoms. The number of alkyl halides is 3. The average molecular weight is 915 g/mol. The molecule has 12 aromatic rings. The van der Waals surface area contributed by atoms with E-state index in [1.807, 2.05) is 81.9 Å². The van der Waals surface area contributed by atoms with Crippen molar-refractivity contribution in [1.82, 2.24) is 49.0 Å². The van der Waals surface area contributed by atoms with Gasteiger partial charge >= 0.3 is 6.18 Å². The van der Waals surface area contributed by atoms with Crippen molar-refractivity contribution >= 4 is 49.3 Å². The van der Waals surface area contributed by atoms with E-state index >= 15 is 13.2 Å². The summed E-state index contributed by atoms with van der Waals surface area (Å²) in [4.78, 5) is 39.8. The Morgan fingerprint density at radius 1 is 0.443 bits per heavy atom. The number of nitrogens with zero attached hydrogens (tertiary/aromatic N) is 12. The minimum absolute atomic E-state index is 0.0624. The van der Waals surface area contributed by atoms with E-state index in [9.17, 15) is 5.26 Å². The van der Waals surface area contributed by atoms with Crippen LogP contribution in [0.4, 0.5) is 18.9 Å². The van der Waals surface area contributed by atoms with Crippen molar-refractivity contribution < 1.29 is 13.2 Å². The first kappa shape index (κ1) is 41.4. The zero-order chi connectivity index (χ0) is 47.5. The second kappa shape index (κ2) is 16.4. The summed E-state index contributed by atoms with van der Waals surface area (Å²) in [6.45, 7) is 8.39. The molecular weight excluding hydrogens is 886 g/mol. The van der Waals surface area contributed by atoms with Gasteiger partial charge in [-0.3, -0.25) is 0 Å². The number of aromatic nitrogens is 10. The van der Waals surface area contributed by atoms with Gasteiger partial charge < -0.3 is 9.13 Å². The molecule has 0 fully saturated rings. The van der Waals surface area contributed by atoms with Crippen molar-refractivity contribution in [3.05, 3.63) is 200 Å². The van der Waals surface area contributed by atoms with Crippen LogP contribution in [-0.4, -0.2) is 49.0 Å². The maximum atomic E-state index is 15.8. The fourth-order valence-electron chi connectivity index (χ4n) is 9.33. The normalized spacial score (nSPS) is 11.6. The minimum atomic E-state index is -4.91. The molecule has 6 heterocycles. The monoisotopic (exact) mass is 914 g/mol. The van der Waals surface area contributed by atoms with E-state index in [-0.39, 0.29) is 33.8 Å². The number of rotatable bonds is 7. The van der Waals surface area contributed by atoms with Gasteiger partial charge in [-0.1, -0.05) is 18.2 Å². The number of halogens is 3. The highest BCUT2D eigenvalue weighted by Crippen LogP contribution is 2.50. The van der Waals surface area contributed by atoms with Crippen molar-refractivity contribution in [3.63, 3.8) is 0 Å². The predicted molar refractivity (Wildman–Crippen MR) is 261 cm³/mol. The van der Waals surface area contributed by atoms with E-state index in [1.165, 1.54) is 12.1 Å². The molecule has 12 nitrogen and oxygen atoms in total. The fourth-order valence-corrected chi connectivity index (χ4v) is 9.33. The van der Waals surface area contributed by atoms with Crippen LogP contribution >= 0.6 is 0 Å². The Bertz CT molecular complexity index is 3710. The zero-order valence-corrected chi connectivity index (χ0v) is 36.2. The molecule has 0 amide bonds. The number of hydrogen-bond donors (Lipinski definition) is 0. The molecule has 70 heavy (non-hydrogen) atoms. The van der Waals surface area contributed by atoms with E-state index in [1.54, 1.807) is 86.0 Å². The van der Waals surface area contributed by atoms with Crippen LogP contribution in [0.15, 0.2) is 177 Å². The Morgan fingerprint density at radius 2 is 0.786 bits per heavy atom. The van der Waals surface area contributed by atoms with Gasteiger partial charge in [0, 0.05) is 105 Å². The molecule has 0 aliphatic heterocycles. The third kappa shape index (κ3) is 6.84. The number of nitriles is 1. The molecular formula is C55H29F3N12. The highest BCUT2D eigenvalue weighted by atomic mass is 19.4. The smallest absolute Gasteiger partial charge is 0.309 e. The second-order valence-electron chi connectivity index (χ2n) is 16.2. The first-order valence-corrected chi connectivity index (χ1v) is 21.7. The highest BCUT2D eigenvalue weighted by Gasteiger charge is 2.37. The first-order valence-electron chi connectivity index (χ1n) is 21.7. The zero-order valence-electron chi connectivity index (χ0n) is 36.2. The molecule has 0 saturated carbocycles.